The summed E-state index contributed by atoms with van der Waals surface area (Å²) in [6, 6.07) is 0. The Morgan fingerprint density at radius 1 is 1.15 bits per heavy atom. The fraction of sp³-hybridized carbons (Fsp3) is 0.455. The zero-order chi connectivity index (χ0) is 28.6. The first-order chi connectivity index (χ1) is 19.0. The molecule has 18 heteroatoms. The molecule has 4 aromatic heterocycles. The second-order valence-electron chi connectivity index (χ2n) is 9.16. The van der Waals surface area contributed by atoms with Crippen molar-refractivity contribution in [2.24, 2.45) is 0 Å². The summed E-state index contributed by atoms with van der Waals surface area (Å²) in [4.78, 5) is 31.6. The average molecular weight is 595 g/mol. The van der Waals surface area contributed by atoms with E-state index in [4.69, 9.17) is 25.3 Å². The van der Waals surface area contributed by atoms with Crippen molar-refractivity contribution in [3.8, 4) is 0 Å². The molecule has 1 aliphatic heterocycles. The lowest BCUT2D eigenvalue weighted by Crippen LogP contribution is -2.35. The number of phosphoric acid groups is 1. The minimum atomic E-state index is -4.49. The largest absolute Gasteiger partial charge is 0.472 e. The highest BCUT2D eigenvalue weighted by Crippen LogP contribution is 2.44. The van der Waals surface area contributed by atoms with Gasteiger partial charge in [0.1, 0.15) is 41.8 Å². The van der Waals surface area contributed by atoms with Crippen LogP contribution in [0.5, 0.6) is 0 Å². The molecule has 7 N–H and O–H groups in total. The summed E-state index contributed by atoms with van der Waals surface area (Å²) >= 11 is 1.47. The predicted octanol–water partition coefficient (Wildman–Crippen LogP) is -0.210. The predicted molar refractivity (Wildman–Crippen MR) is 141 cm³/mol. The van der Waals surface area contributed by atoms with Gasteiger partial charge in [-0.15, -0.1) is 0 Å². The van der Waals surface area contributed by atoms with Crippen molar-refractivity contribution in [2.75, 3.05) is 24.7 Å². The first-order valence-electron chi connectivity index (χ1n) is 12.1. The normalized spacial score (nSPS) is 22.6. The summed E-state index contributed by atoms with van der Waals surface area (Å²) in [7, 11) is -4.49. The number of aliphatic hydroxyl groups excluding tert-OH is 2. The SMILES string of the molecule is Cc1ncc(C[n+]2csc(CCOP(=O)(O)OC[C@H]3O[C@@H](n4cnc5c(N)ncnc54)C(O)C3O)c2C)c(N)n1. The zero-order valence-electron chi connectivity index (χ0n) is 21.6. The van der Waals surface area contributed by atoms with Crippen molar-refractivity contribution in [2.45, 2.75) is 51.4 Å². The number of nitrogens with zero attached hydrogens (tertiary/aromatic N) is 7. The average Bonchev–Trinajstić information content (AvgIpc) is 3.57. The van der Waals surface area contributed by atoms with Gasteiger partial charge in [-0.3, -0.25) is 13.6 Å². The molecular weight excluding hydrogens is 565 g/mol. The van der Waals surface area contributed by atoms with Gasteiger partial charge in [0.25, 0.3) is 0 Å². The number of ether oxygens (including phenoxy) is 1. The molecule has 0 saturated carbocycles. The van der Waals surface area contributed by atoms with Crippen molar-refractivity contribution in [3.63, 3.8) is 0 Å². The van der Waals surface area contributed by atoms with E-state index in [0.717, 1.165) is 16.1 Å². The van der Waals surface area contributed by atoms with Gasteiger partial charge in [-0.05, 0) is 6.92 Å². The van der Waals surface area contributed by atoms with Gasteiger partial charge in [-0.2, -0.15) is 4.57 Å². The smallest absolute Gasteiger partial charge is 0.387 e. The molecule has 1 saturated heterocycles. The Balaban J connectivity index is 1.14. The Labute approximate surface area is 231 Å². The van der Waals surface area contributed by atoms with Crippen molar-refractivity contribution >= 4 is 42.0 Å². The van der Waals surface area contributed by atoms with E-state index in [1.807, 2.05) is 17.0 Å². The molecule has 1 fully saturated rings. The minimum Gasteiger partial charge on any atom is -0.387 e. The molecule has 5 atom stereocenters. The molecule has 16 nitrogen and oxygen atoms in total. The Morgan fingerprint density at radius 2 is 1.95 bits per heavy atom. The number of hydrogen-bond donors (Lipinski definition) is 5. The van der Waals surface area contributed by atoms with Gasteiger partial charge in [-0.25, -0.2) is 29.5 Å². The summed E-state index contributed by atoms with van der Waals surface area (Å²) in [6.45, 7) is 3.58. The molecule has 214 valence electrons. The number of nitrogen functional groups attached to an aromatic ring is 2. The highest BCUT2D eigenvalue weighted by atomic mass is 32.1. The van der Waals surface area contributed by atoms with E-state index >= 15 is 0 Å². The molecule has 5 rings (SSSR count). The van der Waals surface area contributed by atoms with Crippen molar-refractivity contribution in [1.29, 1.82) is 0 Å². The van der Waals surface area contributed by atoms with Gasteiger partial charge < -0.3 is 31.3 Å². The number of aliphatic hydroxyl groups is 2. The maximum atomic E-state index is 12.5. The van der Waals surface area contributed by atoms with Crippen molar-refractivity contribution in [3.05, 3.63) is 46.3 Å². The van der Waals surface area contributed by atoms with Crippen LogP contribution in [-0.4, -0.2) is 76.1 Å². The molecule has 0 aliphatic carbocycles. The highest BCUT2D eigenvalue weighted by molar-refractivity contribution is 7.47. The number of fused-ring (bicyclic) bond motifs is 1. The fourth-order valence-electron chi connectivity index (χ4n) is 4.28. The van der Waals surface area contributed by atoms with Crippen LogP contribution in [0.4, 0.5) is 11.6 Å². The van der Waals surface area contributed by atoms with Gasteiger partial charge in [-0.1, -0.05) is 11.3 Å². The van der Waals surface area contributed by atoms with Gasteiger partial charge in [0, 0.05) is 19.5 Å². The first-order valence-corrected chi connectivity index (χ1v) is 14.5. The Hall–Kier alpha value is -3.15. The molecule has 3 unspecified atom stereocenters. The number of thiazole rings is 1. The third-order valence-electron chi connectivity index (χ3n) is 6.50. The molecular formula is C22H29N9O7PS+. The molecule has 0 radical (unpaired) electrons. The zero-order valence-corrected chi connectivity index (χ0v) is 23.3. The number of nitrogens with two attached hydrogens (primary N) is 2. The molecule has 4 aromatic rings. The van der Waals surface area contributed by atoms with E-state index < -0.39 is 39.0 Å². The quantitative estimate of drug-likeness (QED) is 0.118. The van der Waals surface area contributed by atoms with Crippen LogP contribution < -0.4 is 16.0 Å². The second-order valence-corrected chi connectivity index (χ2v) is 11.6. The van der Waals surface area contributed by atoms with Crippen LogP contribution in [0.1, 0.15) is 28.2 Å². The van der Waals surface area contributed by atoms with Crippen LogP contribution >= 0.6 is 19.2 Å². The summed E-state index contributed by atoms with van der Waals surface area (Å²) in [5, 5.41) is 21.0. The lowest BCUT2D eigenvalue weighted by molar-refractivity contribution is -0.689. The van der Waals surface area contributed by atoms with E-state index in [2.05, 4.69) is 24.9 Å². The highest BCUT2D eigenvalue weighted by Gasteiger charge is 2.45. The van der Waals surface area contributed by atoms with Crippen LogP contribution in [-0.2, 0) is 31.3 Å². The minimum absolute atomic E-state index is 0.0909. The number of imidazole rings is 1. The number of phosphoric ester groups is 1. The van der Waals surface area contributed by atoms with Gasteiger partial charge in [0.2, 0.25) is 5.51 Å². The molecule has 1 aliphatic rings. The number of aromatic nitrogens is 7. The van der Waals surface area contributed by atoms with Crippen LogP contribution in [0.2, 0.25) is 0 Å². The molecule has 0 spiro atoms. The van der Waals surface area contributed by atoms with Crippen LogP contribution in [0.3, 0.4) is 0 Å². The number of aryl methyl sites for hydroxylation is 1. The van der Waals surface area contributed by atoms with Crippen molar-refractivity contribution < 1.29 is 38.0 Å². The van der Waals surface area contributed by atoms with E-state index in [1.165, 1.54) is 28.6 Å². The Bertz CT molecular complexity index is 1570. The summed E-state index contributed by atoms with van der Waals surface area (Å²) < 4.78 is 31.8. The maximum Gasteiger partial charge on any atom is 0.472 e. The van der Waals surface area contributed by atoms with Gasteiger partial charge in [0.05, 0.1) is 30.0 Å². The molecule has 0 bridgehead atoms. The van der Waals surface area contributed by atoms with Crippen molar-refractivity contribution in [1.82, 2.24) is 29.5 Å². The van der Waals surface area contributed by atoms with Crippen LogP contribution in [0, 0.1) is 13.8 Å². The van der Waals surface area contributed by atoms with Gasteiger partial charge >= 0.3 is 7.82 Å². The molecule has 40 heavy (non-hydrogen) atoms. The third kappa shape index (κ3) is 5.82. The van der Waals surface area contributed by atoms with E-state index in [0.29, 0.717) is 35.8 Å². The lowest BCUT2D eigenvalue weighted by Gasteiger charge is -2.17. The number of hydrogen-bond acceptors (Lipinski definition) is 14. The Morgan fingerprint density at radius 3 is 2.73 bits per heavy atom. The van der Waals surface area contributed by atoms with E-state index in [-0.39, 0.29) is 12.4 Å². The molecule has 5 heterocycles. The molecule has 0 amide bonds. The maximum absolute atomic E-state index is 12.5. The van der Waals surface area contributed by atoms with E-state index in [9.17, 15) is 19.7 Å². The van der Waals surface area contributed by atoms with E-state index in [1.54, 1.807) is 13.1 Å². The number of rotatable bonds is 10. The van der Waals surface area contributed by atoms with Gasteiger partial charge in [0.15, 0.2) is 29.9 Å². The summed E-state index contributed by atoms with van der Waals surface area (Å²) in [5.41, 5.74) is 16.1. The summed E-state index contributed by atoms with van der Waals surface area (Å²) in [5.74, 6) is 1.16. The first kappa shape index (κ1) is 28.4. The molecule has 0 aromatic carbocycles. The lowest BCUT2D eigenvalue weighted by atomic mass is 10.1. The standard InChI is InChI=1S/C22H28N9O7PS/c1-11-15(40-10-30(11)6-13-5-25-12(2)29-19(13)23)3-4-36-39(34,35)37-7-14-17(32)18(33)22(38-14)31-9-28-16-20(24)26-8-27-21(16)31/h5,8-10,14,17-18,22,32-33H,3-4,6-7H2,1-2H3,(H4-,23,24,25,26,27,29,34,35)/p+1/t14-,17?,18?,22-/m1/s1. The topological polar surface area (TPSA) is 231 Å². The second kappa shape index (κ2) is 11.4. The summed E-state index contributed by atoms with van der Waals surface area (Å²) in [6.07, 6.45) is -0.388. The van der Waals surface area contributed by atoms with Crippen LogP contribution in [0.15, 0.2) is 24.4 Å². The monoisotopic (exact) mass is 594 g/mol. The van der Waals surface area contributed by atoms with Crippen LogP contribution in [0.25, 0.3) is 11.2 Å². The fourth-order valence-corrected chi connectivity index (χ4v) is 5.98. The Kier molecular flexibility index (Phi) is 8.08. The number of anilines is 2. The third-order valence-corrected chi connectivity index (χ3v) is 8.63.